The molecule has 2 atom stereocenters. The third kappa shape index (κ3) is 6.80. The van der Waals surface area contributed by atoms with Gasteiger partial charge in [-0.2, -0.15) is 5.26 Å². The van der Waals surface area contributed by atoms with Gasteiger partial charge in [-0.3, -0.25) is 15.3 Å². The van der Waals surface area contributed by atoms with Crippen molar-refractivity contribution in [1.29, 1.82) is 5.26 Å². The van der Waals surface area contributed by atoms with Crippen LogP contribution < -0.4 is 10.8 Å². The molecular weight excluding hydrogens is 538 g/mol. The summed E-state index contributed by atoms with van der Waals surface area (Å²) < 4.78 is 11.8. The first-order valence-corrected chi connectivity index (χ1v) is 10.2. The number of nitrogens with one attached hydrogen (secondary N) is 2. The maximum Gasteiger partial charge on any atom is 0.412 e. The van der Waals surface area contributed by atoms with Gasteiger partial charge in [0.2, 0.25) is 0 Å². The minimum absolute atomic E-state index is 0.192. The zero-order valence-electron chi connectivity index (χ0n) is 16.0. The van der Waals surface area contributed by atoms with Crippen molar-refractivity contribution in [3.05, 3.63) is 68.6 Å². The average Bonchev–Trinajstić information content (AvgIpc) is 2.76. The van der Waals surface area contributed by atoms with Gasteiger partial charge in [0.05, 0.1) is 16.1 Å². The van der Waals surface area contributed by atoms with Crippen LogP contribution in [0.4, 0.5) is 10.5 Å². The van der Waals surface area contributed by atoms with Crippen LogP contribution in [0.15, 0.2) is 57.5 Å². The van der Waals surface area contributed by atoms with Crippen molar-refractivity contribution in [2.75, 3.05) is 12.4 Å². The summed E-state index contributed by atoms with van der Waals surface area (Å²) in [7, 11) is 1.32. The fourth-order valence-corrected chi connectivity index (χ4v) is 3.78. The van der Waals surface area contributed by atoms with Crippen LogP contribution in [-0.2, 0) is 14.3 Å². The van der Waals surface area contributed by atoms with E-state index in [1.165, 1.54) is 49.0 Å². The molecule has 0 radical (unpaired) electrons. The fraction of sp³-hybridized carbons (Fsp3) is 0.150. The lowest BCUT2D eigenvalue weighted by atomic mass is 10.0. The van der Waals surface area contributed by atoms with Crippen LogP contribution >= 0.6 is 31.9 Å². The van der Waals surface area contributed by atoms with Crippen molar-refractivity contribution in [2.24, 2.45) is 0 Å². The second kappa shape index (κ2) is 11.5. The number of rotatable bonds is 7. The zero-order valence-corrected chi connectivity index (χ0v) is 19.2. The smallest absolute Gasteiger partial charge is 0.412 e. The molecule has 0 saturated carbocycles. The zero-order chi connectivity index (χ0) is 23.0. The number of methoxy groups -OCH3 is 1. The van der Waals surface area contributed by atoms with Gasteiger partial charge < -0.3 is 14.6 Å². The lowest BCUT2D eigenvalue weighted by Crippen LogP contribution is -2.27. The van der Waals surface area contributed by atoms with E-state index in [0.29, 0.717) is 20.2 Å². The molecule has 2 aromatic rings. The highest BCUT2D eigenvalue weighted by atomic mass is 79.9. The summed E-state index contributed by atoms with van der Waals surface area (Å²) in [5.41, 5.74) is 2.44. The number of amides is 2. The number of hydroxylamine groups is 1. The monoisotopic (exact) mass is 553 g/mol. The minimum atomic E-state index is -1.18. The number of carbonyl (C=O) groups is 2. The number of aromatic hydroxyl groups is 1. The molecule has 31 heavy (non-hydrogen) atoms. The highest BCUT2D eigenvalue weighted by Gasteiger charge is 2.29. The number of carbonyl (C=O) groups excluding carboxylic acids is 2. The highest BCUT2D eigenvalue weighted by Crippen LogP contribution is 2.39. The quantitative estimate of drug-likeness (QED) is 0.229. The Kier molecular flexibility index (Phi) is 9.02. The van der Waals surface area contributed by atoms with Crippen LogP contribution in [0.2, 0.25) is 0 Å². The van der Waals surface area contributed by atoms with Gasteiger partial charge in [0, 0.05) is 28.9 Å². The molecule has 2 aromatic carbocycles. The van der Waals surface area contributed by atoms with E-state index in [4.69, 9.17) is 19.9 Å². The third-order valence-corrected chi connectivity index (χ3v) is 5.04. The van der Waals surface area contributed by atoms with Crippen molar-refractivity contribution in [3.8, 4) is 11.8 Å². The number of anilines is 1. The average molecular weight is 555 g/mol. The van der Waals surface area contributed by atoms with E-state index < -0.39 is 24.2 Å². The number of nitrogens with zero attached hydrogens (tertiary/aromatic N) is 1. The lowest BCUT2D eigenvalue weighted by molar-refractivity contribution is -0.124. The Morgan fingerprint density at radius 1 is 1.23 bits per heavy atom. The standard InChI is InChI=1S/C20H17Br2N3O6/c1-30-16(6-7-17(26)25-29)19(14-8-12(21)9-15(22)18(14)27)31-20(28)24-13-4-2-11(10-23)3-5-13/h2-9,16,19,27,29H,1H3,(H,24,28)(H,25,26)/b7-6+/t16-,19-/m1/s1. The van der Waals surface area contributed by atoms with Gasteiger partial charge in [-0.1, -0.05) is 15.9 Å². The molecule has 0 heterocycles. The molecular formula is C20H17Br2N3O6. The highest BCUT2D eigenvalue weighted by molar-refractivity contribution is 9.11. The predicted molar refractivity (Wildman–Crippen MR) is 117 cm³/mol. The number of phenolic OH excluding ortho intramolecular Hbond substituents is 1. The summed E-state index contributed by atoms with van der Waals surface area (Å²) in [4.78, 5) is 23.9. The Bertz CT molecular complexity index is 1020. The number of nitriles is 1. The van der Waals surface area contributed by atoms with E-state index in [1.807, 2.05) is 6.07 Å². The second-order valence-electron chi connectivity index (χ2n) is 6.00. The van der Waals surface area contributed by atoms with Crippen LogP contribution in [0, 0.1) is 11.3 Å². The summed E-state index contributed by atoms with van der Waals surface area (Å²) in [5.74, 6) is -1.01. The first-order chi connectivity index (χ1) is 14.8. The topological polar surface area (TPSA) is 141 Å². The van der Waals surface area contributed by atoms with Crippen LogP contribution in [-0.4, -0.2) is 35.5 Å². The number of phenols is 1. The summed E-state index contributed by atoms with van der Waals surface area (Å²) in [6.07, 6.45) is -0.796. The predicted octanol–water partition coefficient (Wildman–Crippen LogP) is 4.16. The summed E-state index contributed by atoms with van der Waals surface area (Å²) in [5, 5.41) is 30.6. The maximum absolute atomic E-state index is 12.5. The molecule has 0 spiro atoms. The Labute approximate surface area is 194 Å². The van der Waals surface area contributed by atoms with Crippen LogP contribution in [0.25, 0.3) is 0 Å². The number of benzene rings is 2. The number of ether oxygens (including phenoxy) is 2. The van der Waals surface area contributed by atoms with Crippen LogP contribution in [0.1, 0.15) is 17.2 Å². The molecule has 0 saturated heterocycles. The number of hydrogen-bond acceptors (Lipinski definition) is 7. The molecule has 4 N–H and O–H groups in total. The van der Waals surface area contributed by atoms with E-state index in [2.05, 4.69) is 37.2 Å². The summed E-state index contributed by atoms with van der Waals surface area (Å²) >= 11 is 6.54. The third-order valence-electron chi connectivity index (χ3n) is 3.98. The SMILES string of the molecule is CO[C@H](/C=C/C(=O)NO)[C@H](OC(=O)Nc1ccc(C#N)cc1)c1cc(Br)cc(Br)c1O. The molecule has 2 rings (SSSR count). The largest absolute Gasteiger partial charge is 0.506 e. The summed E-state index contributed by atoms with van der Waals surface area (Å²) in [6, 6.07) is 11.2. The van der Waals surface area contributed by atoms with Crippen molar-refractivity contribution in [1.82, 2.24) is 5.48 Å². The van der Waals surface area contributed by atoms with Crippen molar-refractivity contribution in [2.45, 2.75) is 12.2 Å². The van der Waals surface area contributed by atoms with Crippen molar-refractivity contribution < 1.29 is 29.4 Å². The Balaban J connectivity index is 2.36. The molecule has 0 aliphatic rings. The van der Waals surface area contributed by atoms with Crippen molar-refractivity contribution in [3.63, 3.8) is 0 Å². The van der Waals surface area contributed by atoms with Crippen LogP contribution in [0.5, 0.6) is 5.75 Å². The molecule has 0 aliphatic carbocycles. The van der Waals surface area contributed by atoms with Crippen LogP contribution in [0.3, 0.4) is 0 Å². The molecule has 11 heteroatoms. The molecule has 9 nitrogen and oxygen atoms in total. The fourth-order valence-electron chi connectivity index (χ4n) is 2.52. The number of hydrogen-bond donors (Lipinski definition) is 4. The van der Waals surface area contributed by atoms with Gasteiger partial charge in [-0.15, -0.1) is 0 Å². The van der Waals surface area contributed by atoms with E-state index in [9.17, 15) is 14.7 Å². The minimum Gasteiger partial charge on any atom is -0.506 e. The van der Waals surface area contributed by atoms with E-state index in [1.54, 1.807) is 6.07 Å². The molecule has 162 valence electrons. The van der Waals surface area contributed by atoms with Gasteiger partial charge in [0.15, 0.2) is 6.10 Å². The molecule has 2 amide bonds. The maximum atomic E-state index is 12.5. The van der Waals surface area contributed by atoms with E-state index >= 15 is 0 Å². The van der Waals surface area contributed by atoms with E-state index in [-0.39, 0.29) is 11.3 Å². The Morgan fingerprint density at radius 3 is 2.48 bits per heavy atom. The molecule has 0 unspecified atom stereocenters. The Hall–Kier alpha value is -2.91. The first-order valence-electron chi connectivity index (χ1n) is 8.59. The molecule has 0 bridgehead atoms. The van der Waals surface area contributed by atoms with Gasteiger partial charge >= 0.3 is 6.09 Å². The number of halogens is 2. The normalized spacial score (nSPS) is 12.6. The van der Waals surface area contributed by atoms with Gasteiger partial charge in [-0.25, -0.2) is 10.3 Å². The molecule has 0 aliphatic heterocycles. The molecule has 0 aromatic heterocycles. The van der Waals surface area contributed by atoms with E-state index in [0.717, 1.165) is 6.08 Å². The first kappa shape index (κ1) is 24.4. The molecule has 0 fully saturated rings. The lowest BCUT2D eigenvalue weighted by Gasteiger charge is -2.25. The van der Waals surface area contributed by atoms with Crippen molar-refractivity contribution >= 4 is 49.5 Å². The Morgan fingerprint density at radius 2 is 1.90 bits per heavy atom. The second-order valence-corrected chi connectivity index (χ2v) is 7.77. The van der Waals surface area contributed by atoms with Gasteiger partial charge in [0.25, 0.3) is 5.91 Å². The summed E-state index contributed by atoms with van der Waals surface area (Å²) in [6.45, 7) is 0. The van der Waals surface area contributed by atoms with Gasteiger partial charge in [0.1, 0.15) is 11.9 Å². The van der Waals surface area contributed by atoms with Gasteiger partial charge in [-0.05, 0) is 58.4 Å².